The molecule has 10 heavy (non-hydrogen) atoms. The van der Waals surface area contributed by atoms with E-state index in [9.17, 15) is 4.79 Å². The summed E-state index contributed by atoms with van der Waals surface area (Å²) in [6.45, 7) is 5.82. The van der Waals surface area contributed by atoms with Crippen molar-refractivity contribution >= 4 is 5.97 Å². The van der Waals surface area contributed by atoms with E-state index in [1.54, 1.807) is 0 Å². The molecule has 0 aliphatic rings. The Labute approximate surface area is 86.9 Å². The fourth-order valence-electron chi connectivity index (χ4n) is 0.376. The maximum Gasteiger partial charge on any atom is 0.330 e. The number of esters is 1. The summed E-state index contributed by atoms with van der Waals surface area (Å²) in [7, 11) is 0. The van der Waals surface area contributed by atoms with Crippen molar-refractivity contribution in [3.05, 3.63) is 12.7 Å². The van der Waals surface area contributed by atoms with E-state index in [1.807, 2.05) is 6.92 Å². The second-order valence-electron chi connectivity index (χ2n) is 1.73. The third kappa shape index (κ3) is 8.31. The summed E-state index contributed by atoms with van der Waals surface area (Å²) in [6, 6.07) is 0. The first kappa shape index (κ1) is 12.9. The first-order valence-corrected chi connectivity index (χ1v) is 3.10. The van der Waals surface area contributed by atoms with Crippen molar-refractivity contribution in [3.8, 4) is 0 Å². The van der Waals surface area contributed by atoms with Crippen LogP contribution in [0.4, 0.5) is 0 Å². The van der Waals surface area contributed by atoms with Crippen molar-refractivity contribution in [1.29, 1.82) is 0 Å². The summed E-state index contributed by atoms with van der Waals surface area (Å²) in [4.78, 5) is 10.3. The van der Waals surface area contributed by atoms with Crippen LogP contribution in [0, 0.1) is 0 Å². The molecule has 55 valence electrons. The minimum atomic E-state index is -0.330. The van der Waals surface area contributed by atoms with Gasteiger partial charge in [0.25, 0.3) is 0 Å². The zero-order valence-corrected chi connectivity index (χ0v) is 9.14. The van der Waals surface area contributed by atoms with E-state index in [2.05, 4.69) is 11.3 Å². The minimum absolute atomic E-state index is 0. The van der Waals surface area contributed by atoms with Crippen molar-refractivity contribution in [1.82, 2.24) is 0 Å². The largest absolute Gasteiger partial charge is 0.463 e. The second-order valence-corrected chi connectivity index (χ2v) is 1.73. The Bertz CT molecular complexity index is 102. The SMILES string of the molecule is C=CC(=O)OCCCC.[Y]. The molecule has 0 aliphatic heterocycles. The molecule has 0 saturated carbocycles. The van der Waals surface area contributed by atoms with Gasteiger partial charge < -0.3 is 4.74 Å². The Morgan fingerprint density at radius 2 is 2.30 bits per heavy atom. The van der Waals surface area contributed by atoms with Crippen LogP contribution in [-0.4, -0.2) is 12.6 Å². The molecule has 0 aromatic carbocycles. The average Bonchev–Trinajstić information content (AvgIpc) is 1.89. The van der Waals surface area contributed by atoms with Crippen LogP contribution in [0.15, 0.2) is 12.7 Å². The molecule has 0 aliphatic carbocycles. The van der Waals surface area contributed by atoms with E-state index < -0.39 is 0 Å². The summed E-state index contributed by atoms with van der Waals surface area (Å²) in [5.41, 5.74) is 0. The summed E-state index contributed by atoms with van der Waals surface area (Å²) in [5.74, 6) is -0.330. The van der Waals surface area contributed by atoms with Gasteiger partial charge in [-0.1, -0.05) is 19.9 Å². The minimum Gasteiger partial charge on any atom is -0.463 e. The maximum absolute atomic E-state index is 10.3. The smallest absolute Gasteiger partial charge is 0.330 e. The predicted octanol–water partition coefficient (Wildman–Crippen LogP) is 1.51. The zero-order valence-electron chi connectivity index (χ0n) is 6.30. The molecule has 0 aromatic heterocycles. The van der Waals surface area contributed by atoms with E-state index >= 15 is 0 Å². The summed E-state index contributed by atoms with van der Waals surface area (Å²) < 4.78 is 4.67. The van der Waals surface area contributed by atoms with E-state index in [0.717, 1.165) is 12.8 Å². The van der Waals surface area contributed by atoms with Gasteiger partial charge in [0.1, 0.15) is 0 Å². The number of unbranched alkanes of at least 4 members (excludes halogenated alkanes) is 1. The van der Waals surface area contributed by atoms with E-state index in [-0.39, 0.29) is 38.7 Å². The van der Waals surface area contributed by atoms with E-state index in [0.29, 0.717) is 6.61 Å². The summed E-state index contributed by atoms with van der Waals surface area (Å²) in [6.07, 6.45) is 3.15. The predicted molar refractivity (Wildman–Crippen MR) is 36.1 cm³/mol. The van der Waals surface area contributed by atoms with Gasteiger partial charge in [-0.3, -0.25) is 0 Å². The van der Waals surface area contributed by atoms with Crippen LogP contribution in [0.5, 0.6) is 0 Å². The summed E-state index contributed by atoms with van der Waals surface area (Å²) in [5, 5.41) is 0. The Kier molecular flexibility index (Phi) is 12.1. The Hall–Kier alpha value is 0.314. The van der Waals surface area contributed by atoms with Gasteiger partial charge in [0, 0.05) is 38.8 Å². The van der Waals surface area contributed by atoms with Gasteiger partial charge in [0.2, 0.25) is 0 Å². The Morgan fingerprint density at radius 3 is 2.70 bits per heavy atom. The van der Waals surface area contributed by atoms with E-state index in [4.69, 9.17) is 0 Å². The molecule has 0 amide bonds. The number of hydrogen-bond donors (Lipinski definition) is 0. The van der Waals surface area contributed by atoms with Gasteiger partial charge in [-0.15, -0.1) is 0 Å². The molecule has 0 bridgehead atoms. The molecule has 0 saturated heterocycles. The maximum atomic E-state index is 10.3. The Morgan fingerprint density at radius 1 is 1.70 bits per heavy atom. The second kappa shape index (κ2) is 9.31. The standard InChI is InChI=1S/C7H12O2.Y/c1-3-5-6-9-7(8)4-2;/h4H,2-3,5-6H2,1H3;. The molecule has 3 heteroatoms. The first-order chi connectivity index (χ1) is 4.31. The molecule has 0 rings (SSSR count). The van der Waals surface area contributed by atoms with Gasteiger partial charge in [0.05, 0.1) is 6.61 Å². The van der Waals surface area contributed by atoms with Crippen LogP contribution in [-0.2, 0) is 42.2 Å². The van der Waals surface area contributed by atoms with Crippen molar-refractivity contribution in [2.45, 2.75) is 19.8 Å². The molecule has 0 unspecified atom stereocenters. The molecule has 0 atom stereocenters. The van der Waals surface area contributed by atoms with Crippen molar-refractivity contribution in [3.63, 3.8) is 0 Å². The van der Waals surface area contributed by atoms with Crippen molar-refractivity contribution in [2.24, 2.45) is 0 Å². The topological polar surface area (TPSA) is 26.3 Å². The quantitative estimate of drug-likeness (QED) is 0.405. The summed E-state index contributed by atoms with van der Waals surface area (Å²) >= 11 is 0. The number of hydrogen-bond acceptors (Lipinski definition) is 2. The van der Waals surface area contributed by atoms with E-state index in [1.165, 1.54) is 6.08 Å². The molecule has 2 nitrogen and oxygen atoms in total. The van der Waals surface area contributed by atoms with Gasteiger partial charge in [-0.05, 0) is 6.42 Å². The van der Waals surface area contributed by atoms with Crippen LogP contribution in [0.2, 0.25) is 0 Å². The Balaban J connectivity index is 0. The monoisotopic (exact) mass is 217 g/mol. The molecular formula is C7H12O2Y. The van der Waals surface area contributed by atoms with Gasteiger partial charge >= 0.3 is 5.97 Å². The third-order valence-corrected chi connectivity index (χ3v) is 0.909. The number of ether oxygens (including phenoxy) is 1. The molecule has 0 spiro atoms. The van der Waals surface area contributed by atoms with Crippen molar-refractivity contribution in [2.75, 3.05) is 6.61 Å². The molecule has 0 aromatic rings. The van der Waals surface area contributed by atoms with Crippen LogP contribution < -0.4 is 0 Å². The van der Waals surface area contributed by atoms with Gasteiger partial charge in [0.15, 0.2) is 0 Å². The number of carbonyl (C=O) groups excluding carboxylic acids is 1. The molecule has 0 heterocycles. The van der Waals surface area contributed by atoms with Crippen molar-refractivity contribution < 1.29 is 42.2 Å². The van der Waals surface area contributed by atoms with Crippen LogP contribution in [0.1, 0.15) is 19.8 Å². The third-order valence-electron chi connectivity index (χ3n) is 0.909. The fourth-order valence-corrected chi connectivity index (χ4v) is 0.376. The number of carbonyl (C=O) groups is 1. The zero-order chi connectivity index (χ0) is 7.11. The average molecular weight is 217 g/mol. The molecule has 0 fully saturated rings. The fraction of sp³-hybridized carbons (Fsp3) is 0.571. The number of rotatable bonds is 4. The molecule has 1 radical (unpaired) electrons. The van der Waals surface area contributed by atoms with Gasteiger partial charge in [-0.2, -0.15) is 0 Å². The van der Waals surface area contributed by atoms with Gasteiger partial charge in [-0.25, -0.2) is 4.79 Å². The molecule has 0 N–H and O–H groups in total. The van der Waals surface area contributed by atoms with Crippen LogP contribution in [0.3, 0.4) is 0 Å². The normalized spacial score (nSPS) is 7.70. The van der Waals surface area contributed by atoms with Crippen LogP contribution in [0.25, 0.3) is 0 Å². The molecular weight excluding hydrogens is 205 g/mol. The first-order valence-electron chi connectivity index (χ1n) is 3.10. The van der Waals surface area contributed by atoms with Crippen LogP contribution >= 0.6 is 0 Å².